The molecule has 0 fully saturated rings. The number of hydrogen-bond acceptors (Lipinski definition) is 4. The number of nitrogens with zero attached hydrogens (tertiary/aromatic N) is 2. The number of benzene rings is 2. The molecule has 1 unspecified atom stereocenters. The van der Waals surface area contributed by atoms with E-state index in [1.807, 2.05) is 74.1 Å². The maximum Gasteiger partial charge on any atom is 0.279 e. The number of likely N-dealkylation sites (N-methyl/N-ethyl adjacent to an activating group) is 1. The zero-order chi connectivity index (χ0) is 21.7. The third kappa shape index (κ3) is 4.80. The third-order valence-electron chi connectivity index (χ3n) is 5.01. The predicted octanol–water partition coefficient (Wildman–Crippen LogP) is 2.16. The lowest BCUT2D eigenvalue weighted by Gasteiger charge is -2.16. The van der Waals surface area contributed by atoms with Crippen LogP contribution < -0.4 is 19.7 Å². The summed E-state index contributed by atoms with van der Waals surface area (Å²) in [5.74, 6) is 1.44. The standard InChI is InChI=1S/C23H28N4O3/c1-16-23(17(2)27(25-16)19-9-7-6-8-10-19)24-22(28)15-26(3)14-18-11-12-20(29-4)13-21(18)30-5/h6-13H,14-15H2,1-5H3,(H,24,28)/p+1. The van der Waals surface area contributed by atoms with Gasteiger partial charge in [0.2, 0.25) is 0 Å². The van der Waals surface area contributed by atoms with Gasteiger partial charge in [0.15, 0.2) is 6.54 Å². The summed E-state index contributed by atoms with van der Waals surface area (Å²) in [6.07, 6.45) is 0. The average molecular weight is 410 g/mol. The molecule has 0 bridgehead atoms. The van der Waals surface area contributed by atoms with Crippen LogP contribution in [0.5, 0.6) is 11.5 Å². The van der Waals surface area contributed by atoms with E-state index in [1.165, 1.54) is 0 Å². The first kappa shape index (κ1) is 21.4. The van der Waals surface area contributed by atoms with E-state index in [1.54, 1.807) is 14.2 Å². The van der Waals surface area contributed by atoms with Gasteiger partial charge in [-0.05, 0) is 38.1 Å². The molecule has 1 amide bonds. The van der Waals surface area contributed by atoms with Crippen molar-refractivity contribution in [1.82, 2.24) is 9.78 Å². The molecule has 158 valence electrons. The van der Waals surface area contributed by atoms with Gasteiger partial charge >= 0.3 is 0 Å². The highest BCUT2D eigenvalue weighted by Crippen LogP contribution is 2.24. The molecule has 3 rings (SSSR count). The van der Waals surface area contributed by atoms with Gasteiger partial charge in [-0.15, -0.1) is 0 Å². The van der Waals surface area contributed by atoms with Crippen molar-refractivity contribution in [3.8, 4) is 17.2 Å². The molecule has 30 heavy (non-hydrogen) atoms. The summed E-state index contributed by atoms with van der Waals surface area (Å²) in [6.45, 7) is 4.84. The van der Waals surface area contributed by atoms with E-state index in [0.717, 1.165) is 44.7 Å². The number of rotatable bonds is 8. The van der Waals surface area contributed by atoms with Gasteiger partial charge in [-0.25, -0.2) is 4.68 Å². The molecule has 7 nitrogen and oxygen atoms in total. The van der Waals surface area contributed by atoms with Crippen molar-refractivity contribution in [2.45, 2.75) is 20.4 Å². The van der Waals surface area contributed by atoms with Gasteiger partial charge in [0, 0.05) is 11.6 Å². The highest BCUT2D eigenvalue weighted by Gasteiger charge is 2.18. The van der Waals surface area contributed by atoms with Gasteiger partial charge < -0.3 is 19.7 Å². The van der Waals surface area contributed by atoms with Gasteiger partial charge in [0.1, 0.15) is 18.0 Å². The van der Waals surface area contributed by atoms with Crippen molar-refractivity contribution in [3.05, 3.63) is 65.5 Å². The quantitative estimate of drug-likeness (QED) is 0.598. The van der Waals surface area contributed by atoms with Crippen LogP contribution in [0, 0.1) is 13.8 Å². The molecular formula is C23H29N4O3+. The van der Waals surface area contributed by atoms with E-state index in [0.29, 0.717) is 13.1 Å². The first-order valence-corrected chi connectivity index (χ1v) is 9.86. The first-order chi connectivity index (χ1) is 14.4. The maximum atomic E-state index is 12.7. The van der Waals surface area contributed by atoms with Crippen LogP contribution in [0.3, 0.4) is 0 Å². The highest BCUT2D eigenvalue weighted by molar-refractivity contribution is 5.92. The Labute approximate surface area is 177 Å². The van der Waals surface area contributed by atoms with Gasteiger partial charge in [-0.3, -0.25) is 4.79 Å². The summed E-state index contributed by atoms with van der Waals surface area (Å²) >= 11 is 0. The summed E-state index contributed by atoms with van der Waals surface area (Å²) < 4.78 is 12.6. The van der Waals surface area contributed by atoms with E-state index in [-0.39, 0.29) is 5.91 Å². The van der Waals surface area contributed by atoms with Crippen LogP contribution in [0.4, 0.5) is 5.69 Å². The Morgan fingerprint density at radius 2 is 1.83 bits per heavy atom. The molecule has 0 saturated carbocycles. The lowest BCUT2D eigenvalue weighted by molar-refractivity contribution is -0.885. The Hall–Kier alpha value is -3.32. The number of methoxy groups -OCH3 is 2. The van der Waals surface area contributed by atoms with Crippen LogP contribution in [0.25, 0.3) is 5.69 Å². The number of nitrogens with one attached hydrogen (secondary N) is 2. The van der Waals surface area contributed by atoms with Crippen molar-refractivity contribution in [1.29, 1.82) is 0 Å². The van der Waals surface area contributed by atoms with Crippen molar-refractivity contribution in [2.24, 2.45) is 0 Å². The Morgan fingerprint density at radius 3 is 2.50 bits per heavy atom. The summed E-state index contributed by atoms with van der Waals surface area (Å²) in [5.41, 5.74) is 4.44. The van der Waals surface area contributed by atoms with E-state index < -0.39 is 0 Å². The van der Waals surface area contributed by atoms with E-state index >= 15 is 0 Å². The number of amides is 1. The molecule has 7 heteroatoms. The molecule has 3 aromatic rings. The van der Waals surface area contributed by atoms with Crippen LogP contribution in [0.1, 0.15) is 17.0 Å². The number of carbonyl (C=O) groups excluding carboxylic acids is 1. The topological polar surface area (TPSA) is 69.8 Å². The largest absolute Gasteiger partial charge is 0.497 e. The van der Waals surface area contributed by atoms with Gasteiger partial charge in [0.25, 0.3) is 5.91 Å². The van der Waals surface area contributed by atoms with Crippen LogP contribution in [0.15, 0.2) is 48.5 Å². The molecule has 0 radical (unpaired) electrons. The lowest BCUT2D eigenvalue weighted by atomic mass is 10.2. The number of para-hydroxylation sites is 1. The molecule has 2 N–H and O–H groups in total. The van der Waals surface area contributed by atoms with Crippen LogP contribution in [-0.2, 0) is 11.3 Å². The average Bonchev–Trinajstić information content (AvgIpc) is 3.02. The molecule has 1 heterocycles. The molecule has 0 aliphatic carbocycles. The molecule has 1 atom stereocenters. The van der Waals surface area contributed by atoms with Crippen molar-refractivity contribution >= 4 is 11.6 Å². The summed E-state index contributed by atoms with van der Waals surface area (Å²) in [5, 5.41) is 7.62. The number of quaternary nitrogens is 1. The number of aromatic nitrogens is 2. The number of carbonyl (C=O) groups is 1. The predicted molar refractivity (Wildman–Crippen MR) is 117 cm³/mol. The molecule has 2 aromatic carbocycles. The second-order valence-electron chi connectivity index (χ2n) is 7.33. The normalized spacial score (nSPS) is 11.8. The zero-order valence-corrected chi connectivity index (χ0v) is 18.2. The fourth-order valence-corrected chi connectivity index (χ4v) is 3.49. The molecule has 0 aliphatic heterocycles. The summed E-state index contributed by atoms with van der Waals surface area (Å²) in [6, 6.07) is 15.6. The number of ether oxygens (including phenoxy) is 2. The Bertz CT molecular complexity index is 1010. The fourth-order valence-electron chi connectivity index (χ4n) is 3.49. The van der Waals surface area contributed by atoms with Gasteiger partial charge in [-0.1, -0.05) is 18.2 Å². The smallest absolute Gasteiger partial charge is 0.279 e. The minimum absolute atomic E-state index is 0.0567. The van der Waals surface area contributed by atoms with Crippen LogP contribution in [0.2, 0.25) is 0 Å². The Kier molecular flexibility index (Phi) is 6.74. The second-order valence-corrected chi connectivity index (χ2v) is 7.33. The minimum Gasteiger partial charge on any atom is -0.497 e. The van der Waals surface area contributed by atoms with Crippen molar-refractivity contribution < 1.29 is 19.2 Å². The van der Waals surface area contributed by atoms with Gasteiger partial charge in [0.05, 0.1) is 44.0 Å². The maximum absolute atomic E-state index is 12.7. The number of aryl methyl sites for hydroxylation is 1. The molecule has 1 aromatic heterocycles. The second kappa shape index (κ2) is 9.45. The summed E-state index contributed by atoms with van der Waals surface area (Å²) in [7, 11) is 5.24. The Morgan fingerprint density at radius 1 is 1.10 bits per heavy atom. The lowest BCUT2D eigenvalue weighted by Crippen LogP contribution is -3.08. The monoisotopic (exact) mass is 409 g/mol. The summed E-state index contributed by atoms with van der Waals surface area (Å²) in [4.78, 5) is 13.7. The number of hydrogen-bond donors (Lipinski definition) is 2. The minimum atomic E-state index is -0.0567. The third-order valence-corrected chi connectivity index (χ3v) is 5.01. The molecule has 0 aliphatic rings. The van der Waals surface area contributed by atoms with Crippen molar-refractivity contribution in [2.75, 3.05) is 33.1 Å². The van der Waals surface area contributed by atoms with E-state index in [9.17, 15) is 4.79 Å². The van der Waals surface area contributed by atoms with Crippen molar-refractivity contribution in [3.63, 3.8) is 0 Å². The van der Waals surface area contributed by atoms with E-state index in [4.69, 9.17) is 9.47 Å². The fraction of sp³-hybridized carbons (Fsp3) is 0.304. The SMILES string of the molecule is COc1ccc(C[NH+](C)CC(=O)Nc2c(C)nn(-c3ccccc3)c2C)c(OC)c1. The highest BCUT2D eigenvalue weighted by atomic mass is 16.5. The van der Waals surface area contributed by atoms with Gasteiger partial charge in [-0.2, -0.15) is 5.10 Å². The number of anilines is 1. The Balaban J connectivity index is 1.67. The molecular weight excluding hydrogens is 380 g/mol. The molecule has 0 spiro atoms. The van der Waals surface area contributed by atoms with Crippen LogP contribution >= 0.6 is 0 Å². The van der Waals surface area contributed by atoms with E-state index in [2.05, 4.69) is 10.4 Å². The first-order valence-electron chi connectivity index (χ1n) is 9.86. The zero-order valence-electron chi connectivity index (χ0n) is 18.2. The molecule has 0 saturated heterocycles. The van der Waals surface area contributed by atoms with Crippen LogP contribution in [-0.4, -0.2) is 43.5 Å².